The number of nitrogens with one attached hydrogen (secondary N) is 1. The molecule has 0 saturated heterocycles. The summed E-state index contributed by atoms with van der Waals surface area (Å²) in [6.07, 6.45) is 5.96. The van der Waals surface area contributed by atoms with Crippen molar-refractivity contribution in [3.63, 3.8) is 0 Å². The fourth-order valence-electron chi connectivity index (χ4n) is 2.41. The highest BCUT2D eigenvalue weighted by atomic mass is 19.1. The molecule has 0 amide bonds. The molecule has 1 aliphatic rings. The minimum absolute atomic E-state index is 0.156. The van der Waals surface area contributed by atoms with Gasteiger partial charge in [0.1, 0.15) is 0 Å². The lowest BCUT2D eigenvalue weighted by Gasteiger charge is -2.23. The van der Waals surface area contributed by atoms with Gasteiger partial charge in [0.25, 0.3) is 0 Å². The highest BCUT2D eigenvalue weighted by Crippen LogP contribution is 2.27. The first-order chi connectivity index (χ1) is 8.70. The summed E-state index contributed by atoms with van der Waals surface area (Å²) in [5.41, 5.74) is 0.950. The van der Waals surface area contributed by atoms with Crippen molar-refractivity contribution in [2.75, 3.05) is 7.05 Å². The maximum atomic E-state index is 13.9. The molecular weight excluding hydrogens is 229 g/mol. The SMILES string of the molecule is CNC(C)c1ccc(OC2CCCCC2)c(F)c1. The van der Waals surface area contributed by atoms with E-state index in [-0.39, 0.29) is 18.0 Å². The topological polar surface area (TPSA) is 21.3 Å². The first kappa shape index (κ1) is 13.3. The molecule has 0 heterocycles. The van der Waals surface area contributed by atoms with Gasteiger partial charge in [-0.15, -0.1) is 0 Å². The van der Waals surface area contributed by atoms with E-state index in [0.717, 1.165) is 18.4 Å². The molecular formula is C15H22FNO. The van der Waals surface area contributed by atoms with Gasteiger partial charge in [0, 0.05) is 6.04 Å². The second-order valence-electron chi connectivity index (χ2n) is 5.08. The van der Waals surface area contributed by atoms with E-state index in [2.05, 4.69) is 5.32 Å². The zero-order valence-corrected chi connectivity index (χ0v) is 11.2. The highest BCUT2D eigenvalue weighted by Gasteiger charge is 2.17. The van der Waals surface area contributed by atoms with Gasteiger partial charge in [0.2, 0.25) is 0 Å². The molecule has 2 rings (SSSR count). The van der Waals surface area contributed by atoms with Crippen molar-refractivity contribution >= 4 is 0 Å². The average molecular weight is 251 g/mol. The van der Waals surface area contributed by atoms with Crippen LogP contribution in [0.3, 0.4) is 0 Å². The van der Waals surface area contributed by atoms with Crippen LogP contribution in [0.5, 0.6) is 5.75 Å². The fourth-order valence-corrected chi connectivity index (χ4v) is 2.41. The molecule has 0 spiro atoms. The summed E-state index contributed by atoms with van der Waals surface area (Å²) in [6, 6.07) is 5.41. The minimum atomic E-state index is -0.250. The van der Waals surface area contributed by atoms with Crippen molar-refractivity contribution in [2.24, 2.45) is 0 Å². The standard InChI is InChI=1S/C15H22FNO/c1-11(17-2)12-8-9-15(14(16)10-12)18-13-6-4-3-5-7-13/h8-11,13,17H,3-7H2,1-2H3. The Morgan fingerprint density at radius 2 is 2.00 bits per heavy atom. The van der Waals surface area contributed by atoms with Crippen molar-refractivity contribution in [1.82, 2.24) is 5.32 Å². The molecule has 0 aromatic heterocycles. The lowest BCUT2D eigenvalue weighted by atomic mass is 9.98. The minimum Gasteiger partial charge on any atom is -0.487 e. The van der Waals surface area contributed by atoms with Crippen molar-refractivity contribution in [3.8, 4) is 5.75 Å². The fraction of sp³-hybridized carbons (Fsp3) is 0.600. The van der Waals surface area contributed by atoms with Crippen LogP contribution in [0.4, 0.5) is 4.39 Å². The van der Waals surface area contributed by atoms with E-state index in [4.69, 9.17) is 4.74 Å². The Kier molecular flexibility index (Phi) is 4.59. The molecule has 18 heavy (non-hydrogen) atoms. The molecule has 0 radical (unpaired) electrons. The smallest absolute Gasteiger partial charge is 0.165 e. The van der Waals surface area contributed by atoms with Crippen molar-refractivity contribution in [2.45, 2.75) is 51.2 Å². The Labute approximate surface area is 109 Å². The molecule has 1 aromatic carbocycles. The van der Waals surface area contributed by atoms with Crippen LogP contribution in [-0.2, 0) is 0 Å². The summed E-state index contributed by atoms with van der Waals surface area (Å²) in [7, 11) is 1.87. The van der Waals surface area contributed by atoms with Crippen molar-refractivity contribution in [3.05, 3.63) is 29.6 Å². The van der Waals surface area contributed by atoms with Crippen LogP contribution >= 0.6 is 0 Å². The molecule has 1 saturated carbocycles. The molecule has 2 nitrogen and oxygen atoms in total. The predicted octanol–water partition coefficient (Wildman–Crippen LogP) is 3.82. The van der Waals surface area contributed by atoms with E-state index in [1.165, 1.54) is 19.3 Å². The van der Waals surface area contributed by atoms with Crippen LogP contribution in [0, 0.1) is 5.82 Å². The predicted molar refractivity (Wildman–Crippen MR) is 71.4 cm³/mol. The maximum absolute atomic E-state index is 13.9. The number of hydrogen-bond acceptors (Lipinski definition) is 2. The Morgan fingerprint density at radius 3 is 2.61 bits per heavy atom. The highest BCUT2D eigenvalue weighted by molar-refractivity contribution is 5.31. The van der Waals surface area contributed by atoms with Crippen LogP contribution < -0.4 is 10.1 Å². The Hall–Kier alpha value is -1.09. The van der Waals surface area contributed by atoms with Crippen molar-refractivity contribution < 1.29 is 9.13 Å². The third-order valence-corrected chi connectivity index (χ3v) is 3.73. The molecule has 100 valence electrons. The zero-order valence-electron chi connectivity index (χ0n) is 11.2. The lowest BCUT2D eigenvalue weighted by Crippen LogP contribution is -2.20. The first-order valence-corrected chi connectivity index (χ1v) is 6.84. The maximum Gasteiger partial charge on any atom is 0.165 e. The molecule has 1 aromatic rings. The average Bonchev–Trinajstić information content (AvgIpc) is 2.41. The number of benzene rings is 1. The Bertz CT molecular complexity index is 388. The van der Waals surface area contributed by atoms with Gasteiger partial charge in [0.05, 0.1) is 6.10 Å². The van der Waals surface area contributed by atoms with Gasteiger partial charge < -0.3 is 10.1 Å². The van der Waals surface area contributed by atoms with Gasteiger partial charge in [-0.3, -0.25) is 0 Å². The van der Waals surface area contributed by atoms with Crippen LogP contribution in [-0.4, -0.2) is 13.2 Å². The summed E-state index contributed by atoms with van der Waals surface area (Å²) in [5, 5.41) is 3.10. The number of halogens is 1. The van der Waals surface area contributed by atoms with Crippen LogP contribution in [0.15, 0.2) is 18.2 Å². The van der Waals surface area contributed by atoms with E-state index in [9.17, 15) is 4.39 Å². The third kappa shape index (κ3) is 3.22. The van der Waals surface area contributed by atoms with Gasteiger partial charge >= 0.3 is 0 Å². The van der Waals surface area contributed by atoms with Gasteiger partial charge in [-0.05, 0) is 57.4 Å². The summed E-state index contributed by atoms with van der Waals surface area (Å²) in [6.45, 7) is 2.01. The first-order valence-electron chi connectivity index (χ1n) is 6.84. The molecule has 1 N–H and O–H groups in total. The second-order valence-corrected chi connectivity index (χ2v) is 5.08. The van der Waals surface area contributed by atoms with Gasteiger partial charge in [0.15, 0.2) is 11.6 Å². The molecule has 3 heteroatoms. The summed E-state index contributed by atoms with van der Waals surface area (Å²) >= 11 is 0. The molecule has 0 bridgehead atoms. The Morgan fingerprint density at radius 1 is 1.28 bits per heavy atom. The molecule has 1 unspecified atom stereocenters. The number of ether oxygens (including phenoxy) is 1. The van der Waals surface area contributed by atoms with E-state index in [1.807, 2.05) is 20.0 Å². The van der Waals surface area contributed by atoms with E-state index >= 15 is 0 Å². The summed E-state index contributed by atoms with van der Waals surface area (Å²) in [5.74, 6) is 0.147. The van der Waals surface area contributed by atoms with Gasteiger partial charge in [-0.1, -0.05) is 12.5 Å². The number of rotatable bonds is 4. The van der Waals surface area contributed by atoms with E-state index in [1.54, 1.807) is 12.1 Å². The third-order valence-electron chi connectivity index (χ3n) is 3.73. The van der Waals surface area contributed by atoms with E-state index in [0.29, 0.717) is 5.75 Å². The van der Waals surface area contributed by atoms with Crippen LogP contribution in [0.25, 0.3) is 0 Å². The normalized spacial score (nSPS) is 18.6. The largest absolute Gasteiger partial charge is 0.487 e. The van der Waals surface area contributed by atoms with Crippen LogP contribution in [0.1, 0.15) is 50.6 Å². The molecule has 1 fully saturated rings. The lowest BCUT2D eigenvalue weighted by molar-refractivity contribution is 0.148. The quantitative estimate of drug-likeness (QED) is 0.878. The van der Waals surface area contributed by atoms with Gasteiger partial charge in [-0.2, -0.15) is 0 Å². The summed E-state index contributed by atoms with van der Waals surface area (Å²) in [4.78, 5) is 0. The van der Waals surface area contributed by atoms with Crippen LogP contribution in [0.2, 0.25) is 0 Å². The molecule has 0 aliphatic heterocycles. The molecule has 1 atom stereocenters. The summed E-state index contributed by atoms with van der Waals surface area (Å²) < 4.78 is 19.7. The number of hydrogen-bond donors (Lipinski definition) is 1. The monoisotopic (exact) mass is 251 g/mol. The molecule has 1 aliphatic carbocycles. The van der Waals surface area contributed by atoms with E-state index < -0.39 is 0 Å². The van der Waals surface area contributed by atoms with Gasteiger partial charge in [-0.25, -0.2) is 4.39 Å². The second kappa shape index (κ2) is 6.19. The zero-order chi connectivity index (χ0) is 13.0. The van der Waals surface area contributed by atoms with Crippen molar-refractivity contribution in [1.29, 1.82) is 0 Å². The Balaban J connectivity index is 2.04.